The molecule has 2 aromatic rings. The molecule has 0 saturated carbocycles. The summed E-state index contributed by atoms with van der Waals surface area (Å²) in [4.78, 5) is 21.2. The minimum absolute atomic E-state index is 0.0450. The van der Waals surface area contributed by atoms with Crippen molar-refractivity contribution in [3.05, 3.63) is 48.3 Å². The smallest absolute Gasteiger partial charge is 0.255 e. The lowest BCUT2D eigenvalue weighted by atomic mass is 10.2. The second-order valence-electron chi connectivity index (χ2n) is 6.27. The molecule has 138 valence electrons. The fraction of sp³-hybridized carbons (Fsp3) is 0.400. The van der Waals surface area contributed by atoms with Crippen molar-refractivity contribution in [2.75, 3.05) is 44.6 Å². The van der Waals surface area contributed by atoms with Crippen LogP contribution in [0.25, 0.3) is 0 Å². The number of anilines is 2. The highest BCUT2D eigenvalue weighted by atomic mass is 16.5. The fourth-order valence-corrected chi connectivity index (χ4v) is 3.04. The van der Waals surface area contributed by atoms with Crippen molar-refractivity contribution in [1.82, 2.24) is 14.8 Å². The summed E-state index contributed by atoms with van der Waals surface area (Å²) in [5, 5.41) is 3.29. The lowest BCUT2D eigenvalue weighted by Gasteiger charge is -2.34. The van der Waals surface area contributed by atoms with E-state index >= 15 is 0 Å². The topological polar surface area (TPSA) is 57.7 Å². The predicted molar refractivity (Wildman–Crippen MR) is 103 cm³/mol. The van der Waals surface area contributed by atoms with E-state index in [1.54, 1.807) is 12.4 Å². The minimum atomic E-state index is 0.0450. The van der Waals surface area contributed by atoms with Gasteiger partial charge in [0, 0.05) is 38.1 Å². The molecule has 6 nitrogen and oxygen atoms in total. The largest absolute Gasteiger partial charge is 0.494 e. The number of nitrogens with one attached hydrogen (secondary N) is 1. The molecular formula is C20H26N4O2. The summed E-state index contributed by atoms with van der Waals surface area (Å²) in [6.45, 7) is 9.18. The van der Waals surface area contributed by atoms with Crippen LogP contribution in [0.3, 0.4) is 0 Å². The van der Waals surface area contributed by atoms with Crippen LogP contribution >= 0.6 is 0 Å². The van der Waals surface area contributed by atoms with Crippen LogP contribution in [0.15, 0.2) is 42.7 Å². The Morgan fingerprint density at radius 1 is 1.08 bits per heavy atom. The highest BCUT2D eigenvalue weighted by Crippen LogP contribution is 2.21. The highest BCUT2D eigenvalue weighted by Gasteiger charge is 2.21. The van der Waals surface area contributed by atoms with Gasteiger partial charge < -0.3 is 19.9 Å². The maximum absolute atomic E-state index is 12.7. The molecule has 0 spiro atoms. The molecule has 0 bridgehead atoms. The zero-order chi connectivity index (χ0) is 18.4. The first kappa shape index (κ1) is 18.2. The van der Waals surface area contributed by atoms with Gasteiger partial charge in [-0.3, -0.25) is 9.78 Å². The maximum atomic E-state index is 12.7. The van der Waals surface area contributed by atoms with E-state index in [0.29, 0.717) is 12.2 Å². The second-order valence-corrected chi connectivity index (χ2v) is 6.27. The number of likely N-dealkylation sites (N-methyl/N-ethyl adjacent to an activating group) is 1. The number of nitrogens with zero attached hydrogens (tertiary/aromatic N) is 3. The number of amides is 1. The van der Waals surface area contributed by atoms with Crippen LogP contribution in [0.1, 0.15) is 24.2 Å². The van der Waals surface area contributed by atoms with E-state index in [9.17, 15) is 4.79 Å². The molecule has 0 unspecified atom stereocenters. The zero-order valence-electron chi connectivity index (χ0n) is 15.4. The number of rotatable bonds is 6. The lowest BCUT2D eigenvalue weighted by Crippen LogP contribution is -2.48. The molecule has 2 heterocycles. The Labute approximate surface area is 154 Å². The van der Waals surface area contributed by atoms with Gasteiger partial charge in [-0.15, -0.1) is 0 Å². The van der Waals surface area contributed by atoms with Crippen LogP contribution in [0.4, 0.5) is 11.4 Å². The molecule has 1 amide bonds. The SMILES string of the molecule is CCOc1ccc(Nc2cncc(C(=O)N3CCN(CC)CC3)c2)cc1. The van der Waals surface area contributed by atoms with Crippen molar-refractivity contribution >= 4 is 17.3 Å². The molecule has 1 aromatic carbocycles. The number of carbonyl (C=O) groups excluding carboxylic acids is 1. The average molecular weight is 354 g/mol. The number of hydrogen-bond acceptors (Lipinski definition) is 5. The third-order valence-corrected chi connectivity index (χ3v) is 4.55. The number of ether oxygens (including phenoxy) is 1. The number of benzene rings is 1. The molecule has 6 heteroatoms. The average Bonchev–Trinajstić information content (AvgIpc) is 2.69. The fourth-order valence-electron chi connectivity index (χ4n) is 3.04. The van der Waals surface area contributed by atoms with Crippen LogP contribution in [0, 0.1) is 0 Å². The van der Waals surface area contributed by atoms with Crippen molar-refractivity contribution in [2.24, 2.45) is 0 Å². The number of piperazine rings is 1. The van der Waals surface area contributed by atoms with E-state index in [1.165, 1.54) is 0 Å². The minimum Gasteiger partial charge on any atom is -0.494 e. The van der Waals surface area contributed by atoms with Gasteiger partial charge in [0.05, 0.1) is 24.1 Å². The molecule has 1 saturated heterocycles. The van der Waals surface area contributed by atoms with Gasteiger partial charge in [0.1, 0.15) is 5.75 Å². The van der Waals surface area contributed by atoms with Crippen molar-refractivity contribution in [3.63, 3.8) is 0 Å². The van der Waals surface area contributed by atoms with Gasteiger partial charge in [-0.05, 0) is 43.8 Å². The number of hydrogen-bond donors (Lipinski definition) is 1. The number of carbonyl (C=O) groups is 1. The number of aromatic nitrogens is 1. The van der Waals surface area contributed by atoms with Crippen molar-refractivity contribution < 1.29 is 9.53 Å². The first-order valence-electron chi connectivity index (χ1n) is 9.16. The van der Waals surface area contributed by atoms with Gasteiger partial charge in [-0.25, -0.2) is 0 Å². The van der Waals surface area contributed by atoms with Gasteiger partial charge >= 0.3 is 0 Å². The molecule has 1 N–H and O–H groups in total. The Bertz CT molecular complexity index is 725. The second kappa shape index (κ2) is 8.67. The number of pyridine rings is 1. The van der Waals surface area contributed by atoms with Gasteiger partial charge in [0.25, 0.3) is 5.91 Å². The van der Waals surface area contributed by atoms with Crippen molar-refractivity contribution in [3.8, 4) is 5.75 Å². The maximum Gasteiger partial charge on any atom is 0.255 e. The highest BCUT2D eigenvalue weighted by molar-refractivity contribution is 5.95. The normalized spacial score (nSPS) is 14.9. The molecule has 1 aliphatic heterocycles. The standard InChI is InChI=1S/C20H26N4O2/c1-3-23-9-11-24(12-10-23)20(25)16-13-18(15-21-14-16)22-17-5-7-19(8-6-17)26-4-2/h5-8,13-15,22H,3-4,9-12H2,1-2H3. The lowest BCUT2D eigenvalue weighted by molar-refractivity contribution is 0.0643. The van der Waals surface area contributed by atoms with E-state index < -0.39 is 0 Å². The third-order valence-electron chi connectivity index (χ3n) is 4.55. The van der Waals surface area contributed by atoms with Gasteiger partial charge in [0.2, 0.25) is 0 Å². The molecule has 1 aromatic heterocycles. The molecule has 0 atom stereocenters. The van der Waals surface area contributed by atoms with Gasteiger partial charge in [-0.2, -0.15) is 0 Å². The quantitative estimate of drug-likeness (QED) is 0.864. The van der Waals surface area contributed by atoms with Crippen LogP contribution < -0.4 is 10.1 Å². The summed E-state index contributed by atoms with van der Waals surface area (Å²) in [7, 11) is 0. The molecule has 0 aliphatic carbocycles. The summed E-state index contributed by atoms with van der Waals surface area (Å²) in [6, 6.07) is 9.59. The zero-order valence-corrected chi connectivity index (χ0v) is 15.4. The predicted octanol–water partition coefficient (Wildman–Crippen LogP) is 3.00. The summed E-state index contributed by atoms with van der Waals surface area (Å²) >= 11 is 0. The Hall–Kier alpha value is -2.60. The van der Waals surface area contributed by atoms with E-state index in [-0.39, 0.29) is 5.91 Å². The summed E-state index contributed by atoms with van der Waals surface area (Å²) in [5.41, 5.74) is 2.34. The third kappa shape index (κ3) is 4.52. The van der Waals surface area contributed by atoms with Crippen LogP contribution in [0.2, 0.25) is 0 Å². The van der Waals surface area contributed by atoms with Crippen LogP contribution in [-0.4, -0.2) is 60.0 Å². The first-order valence-corrected chi connectivity index (χ1v) is 9.16. The van der Waals surface area contributed by atoms with Crippen LogP contribution in [-0.2, 0) is 0 Å². The van der Waals surface area contributed by atoms with Gasteiger partial charge in [0.15, 0.2) is 0 Å². The molecule has 0 radical (unpaired) electrons. The van der Waals surface area contributed by atoms with E-state index in [1.807, 2.05) is 42.2 Å². The molecule has 26 heavy (non-hydrogen) atoms. The molecule has 1 fully saturated rings. The Morgan fingerprint density at radius 2 is 1.81 bits per heavy atom. The summed E-state index contributed by atoms with van der Waals surface area (Å²) < 4.78 is 5.45. The van der Waals surface area contributed by atoms with Crippen LogP contribution in [0.5, 0.6) is 5.75 Å². The van der Waals surface area contributed by atoms with Crippen molar-refractivity contribution in [2.45, 2.75) is 13.8 Å². The van der Waals surface area contributed by atoms with E-state index in [2.05, 4.69) is 22.1 Å². The molecule has 3 rings (SSSR count). The molecule has 1 aliphatic rings. The van der Waals surface area contributed by atoms with Crippen molar-refractivity contribution in [1.29, 1.82) is 0 Å². The first-order chi connectivity index (χ1) is 12.7. The monoisotopic (exact) mass is 354 g/mol. The van der Waals surface area contributed by atoms with E-state index in [4.69, 9.17) is 4.74 Å². The Kier molecular flexibility index (Phi) is 6.07. The molecular weight excluding hydrogens is 328 g/mol. The van der Waals surface area contributed by atoms with E-state index in [0.717, 1.165) is 49.8 Å². The summed E-state index contributed by atoms with van der Waals surface area (Å²) in [6.07, 6.45) is 3.36. The Balaban J connectivity index is 1.65. The summed E-state index contributed by atoms with van der Waals surface area (Å²) in [5.74, 6) is 0.884. The Morgan fingerprint density at radius 3 is 2.46 bits per heavy atom. The van der Waals surface area contributed by atoms with Gasteiger partial charge in [-0.1, -0.05) is 6.92 Å².